The van der Waals surface area contributed by atoms with Gasteiger partial charge in [0.25, 0.3) is 10.0 Å². The third-order valence-corrected chi connectivity index (χ3v) is 6.14. The molecule has 0 fully saturated rings. The third-order valence-electron chi connectivity index (χ3n) is 2.92. The Morgan fingerprint density at radius 3 is 2.57 bits per heavy atom. The molecule has 3 rings (SSSR count). The van der Waals surface area contributed by atoms with Gasteiger partial charge in [0.2, 0.25) is 0 Å². The van der Waals surface area contributed by atoms with Crippen LogP contribution in [0, 0.1) is 9.52 Å². The fourth-order valence-corrected chi connectivity index (χ4v) is 4.84. The molecule has 3 aromatic rings. The summed E-state index contributed by atoms with van der Waals surface area (Å²) < 4.78 is 40.3. The van der Waals surface area contributed by atoms with E-state index in [1.165, 1.54) is 18.2 Å². The summed E-state index contributed by atoms with van der Waals surface area (Å²) in [6.45, 7) is 0. The predicted molar refractivity (Wildman–Crippen MR) is 86.4 cm³/mol. The predicted octanol–water partition coefficient (Wildman–Crippen LogP) is 3.67. The van der Waals surface area contributed by atoms with Crippen molar-refractivity contribution in [2.45, 2.75) is 4.90 Å². The van der Waals surface area contributed by atoms with Crippen molar-refractivity contribution < 1.29 is 12.8 Å². The van der Waals surface area contributed by atoms with Gasteiger partial charge in [-0.1, -0.05) is 29.8 Å². The lowest BCUT2D eigenvalue weighted by Crippen LogP contribution is -2.14. The van der Waals surface area contributed by atoms with Crippen LogP contribution < -0.4 is 0 Å². The highest BCUT2D eigenvalue weighted by Gasteiger charge is 2.24. The van der Waals surface area contributed by atoms with Gasteiger partial charge in [-0.15, -0.1) is 0 Å². The van der Waals surface area contributed by atoms with Crippen LogP contribution in [0.3, 0.4) is 0 Å². The molecule has 0 saturated heterocycles. The van der Waals surface area contributed by atoms with Gasteiger partial charge in [0.1, 0.15) is 0 Å². The van der Waals surface area contributed by atoms with Gasteiger partial charge in [-0.05, 0) is 40.8 Å². The molecule has 0 N–H and O–H groups in total. The van der Waals surface area contributed by atoms with E-state index in [0.29, 0.717) is 3.70 Å². The molecule has 1 aromatic carbocycles. The molecule has 0 aliphatic heterocycles. The number of hydrogen-bond donors (Lipinski definition) is 0. The minimum absolute atomic E-state index is 0.106. The molecule has 0 radical (unpaired) electrons. The molecule has 0 aliphatic carbocycles. The fourth-order valence-electron chi connectivity index (χ4n) is 1.97. The molecule has 0 saturated carbocycles. The van der Waals surface area contributed by atoms with Crippen molar-refractivity contribution in [2.24, 2.45) is 0 Å². The Balaban J connectivity index is 2.36. The van der Waals surface area contributed by atoms with Gasteiger partial charge in [0.05, 0.1) is 19.8 Å². The van der Waals surface area contributed by atoms with Gasteiger partial charge in [0, 0.05) is 5.39 Å². The van der Waals surface area contributed by atoms with Crippen molar-refractivity contribution >= 4 is 55.2 Å². The van der Waals surface area contributed by atoms with E-state index in [4.69, 9.17) is 11.6 Å². The average molecular weight is 437 g/mol. The van der Waals surface area contributed by atoms with Crippen molar-refractivity contribution in [3.8, 4) is 0 Å². The van der Waals surface area contributed by atoms with Crippen LogP contribution in [0.5, 0.6) is 0 Å². The summed E-state index contributed by atoms with van der Waals surface area (Å²) in [6.07, 6.45) is 0.914. The maximum absolute atomic E-state index is 13.5. The summed E-state index contributed by atoms with van der Waals surface area (Å²) in [4.78, 5) is 4.00. The van der Waals surface area contributed by atoms with E-state index >= 15 is 0 Å². The van der Waals surface area contributed by atoms with Crippen LogP contribution in [0.4, 0.5) is 4.39 Å². The van der Waals surface area contributed by atoms with Crippen molar-refractivity contribution in [2.75, 3.05) is 0 Å². The molecule has 2 aromatic heterocycles. The van der Waals surface area contributed by atoms with E-state index < -0.39 is 15.8 Å². The van der Waals surface area contributed by atoms with E-state index in [2.05, 4.69) is 4.98 Å². The van der Waals surface area contributed by atoms with Gasteiger partial charge in [-0.2, -0.15) is 0 Å². The molecule has 0 bridgehead atoms. The second-order valence-corrected chi connectivity index (χ2v) is 7.48. The Morgan fingerprint density at radius 1 is 1.24 bits per heavy atom. The summed E-state index contributed by atoms with van der Waals surface area (Å²) in [6, 6.07) is 9.46. The molecule has 21 heavy (non-hydrogen) atoms. The molecule has 0 aliphatic rings. The molecule has 0 spiro atoms. The molecule has 2 heterocycles. The Morgan fingerprint density at radius 2 is 1.90 bits per heavy atom. The van der Waals surface area contributed by atoms with Crippen LogP contribution in [-0.2, 0) is 10.0 Å². The van der Waals surface area contributed by atoms with E-state index in [-0.39, 0.29) is 21.0 Å². The van der Waals surface area contributed by atoms with E-state index in [1.807, 2.05) is 22.6 Å². The van der Waals surface area contributed by atoms with Crippen LogP contribution in [0.15, 0.2) is 47.5 Å². The fraction of sp³-hybridized carbons (Fsp3) is 0. The average Bonchev–Trinajstić information content (AvgIpc) is 2.82. The van der Waals surface area contributed by atoms with E-state index in [9.17, 15) is 12.8 Å². The molecule has 0 amide bonds. The monoisotopic (exact) mass is 436 g/mol. The quantitative estimate of drug-likeness (QED) is 0.576. The second-order valence-electron chi connectivity index (χ2n) is 4.21. The lowest BCUT2D eigenvalue weighted by molar-refractivity contribution is 0.587. The maximum Gasteiger partial charge on any atom is 0.270 e. The third kappa shape index (κ3) is 2.33. The maximum atomic E-state index is 13.5. The van der Waals surface area contributed by atoms with Crippen molar-refractivity contribution in [1.29, 1.82) is 0 Å². The smallest absolute Gasteiger partial charge is 0.234 e. The standard InChI is InChI=1S/C13H7ClFIN2O2S/c14-12-9-6-11(16)18(13(9)17-7-10(12)15)21(19,20)8-4-2-1-3-5-8/h1-7H. The van der Waals surface area contributed by atoms with Crippen LogP contribution in [0.2, 0.25) is 5.02 Å². The van der Waals surface area contributed by atoms with Crippen molar-refractivity contribution in [3.63, 3.8) is 0 Å². The first-order valence-electron chi connectivity index (χ1n) is 5.74. The van der Waals surface area contributed by atoms with Crippen LogP contribution in [0.1, 0.15) is 0 Å². The highest BCUT2D eigenvalue weighted by atomic mass is 127. The molecule has 0 atom stereocenters. The minimum atomic E-state index is -3.82. The normalized spacial score (nSPS) is 12.0. The SMILES string of the molecule is O=S(=O)(c1ccccc1)n1c(I)cc2c(Cl)c(F)cnc21. The first-order chi connectivity index (χ1) is 9.93. The zero-order valence-electron chi connectivity index (χ0n) is 10.3. The van der Waals surface area contributed by atoms with E-state index in [0.717, 1.165) is 10.2 Å². The Labute approximate surface area is 138 Å². The summed E-state index contributed by atoms with van der Waals surface area (Å²) >= 11 is 7.74. The zero-order valence-corrected chi connectivity index (χ0v) is 14.0. The van der Waals surface area contributed by atoms with Gasteiger partial charge >= 0.3 is 0 Å². The molecular formula is C13H7ClFIN2O2S. The highest BCUT2D eigenvalue weighted by molar-refractivity contribution is 14.1. The van der Waals surface area contributed by atoms with Crippen molar-refractivity contribution in [1.82, 2.24) is 8.96 Å². The topological polar surface area (TPSA) is 52.0 Å². The van der Waals surface area contributed by atoms with Crippen LogP contribution in [0.25, 0.3) is 11.0 Å². The lowest BCUT2D eigenvalue weighted by Gasteiger charge is -2.08. The number of benzene rings is 1. The van der Waals surface area contributed by atoms with Crippen LogP contribution in [-0.4, -0.2) is 17.4 Å². The van der Waals surface area contributed by atoms with Gasteiger partial charge < -0.3 is 0 Å². The number of pyridine rings is 1. The van der Waals surface area contributed by atoms with Gasteiger partial charge in [-0.25, -0.2) is 21.8 Å². The number of aromatic nitrogens is 2. The number of hydrogen-bond acceptors (Lipinski definition) is 3. The second kappa shape index (κ2) is 5.22. The zero-order chi connectivity index (χ0) is 15.2. The highest BCUT2D eigenvalue weighted by Crippen LogP contribution is 2.31. The van der Waals surface area contributed by atoms with Crippen molar-refractivity contribution in [3.05, 3.63) is 57.1 Å². The number of halogens is 3. The summed E-state index contributed by atoms with van der Waals surface area (Å²) in [5.41, 5.74) is 0.106. The van der Waals surface area contributed by atoms with Crippen LogP contribution >= 0.6 is 34.2 Å². The first-order valence-corrected chi connectivity index (χ1v) is 8.64. The summed E-state index contributed by atoms with van der Waals surface area (Å²) in [7, 11) is -3.82. The Hall–Kier alpha value is -1.19. The number of fused-ring (bicyclic) bond motifs is 1. The molecule has 8 heteroatoms. The Bertz CT molecular complexity index is 942. The molecular weight excluding hydrogens is 430 g/mol. The summed E-state index contributed by atoms with van der Waals surface area (Å²) in [5, 5.41) is 0.125. The molecule has 108 valence electrons. The Kier molecular flexibility index (Phi) is 3.66. The number of rotatable bonds is 2. The summed E-state index contributed by atoms with van der Waals surface area (Å²) in [5.74, 6) is -0.685. The molecule has 4 nitrogen and oxygen atoms in total. The largest absolute Gasteiger partial charge is 0.270 e. The minimum Gasteiger partial charge on any atom is -0.234 e. The number of nitrogens with zero attached hydrogens (tertiary/aromatic N) is 2. The first kappa shape index (κ1) is 14.7. The van der Waals surface area contributed by atoms with E-state index in [1.54, 1.807) is 18.2 Å². The lowest BCUT2D eigenvalue weighted by atomic mass is 10.3. The molecule has 0 unspecified atom stereocenters. The van der Waals surface area contributed by atoms with Gasteiger partial charge in [-0.3, -0.25) is 0 Å². The van der Waals surface area contributed by atoms with Gasteiger partial charge in [0.15, 0.2) is 11.5 Å².